The third kappa shape index (κ3) is 2.96. The predicted octanol–water partition coefficient (Wildman–Crippen LogP) is 3.08. The molecule has 3 aromatic rings. The van der Waals surface area contributed by atoms with Crippen molar-refractivity contribution < 1.29 is 4.79 Å². The molecule has 2 N–H and O–H groups in total. The molecule has 1 amide bonds. The molecule has 0 saturated carbocycles. The van der Waals surface area contributed by atoms with Crippen LogP contribution in [0.25, 0.3) is 11.4 Å². The lowest BCUT2D eigenvalue weighted by Crippen LogP contribution is -2.14. The minimum atomic E-state index is -0.239. The fourth-order valence-electron chi connectivity index (χ4n) is 2.06. The van der Waals surface area contributed by atoms with Crippen molar-refractivity contribution in [3.05, 3.63) is 59.1 Å². The molecule has 0 unspecified atom stereocenters. The lowest BCUT2D eigenvalue weighted by Gasteiger charge is -2.08. The Hall–Kier alpha value is -2.73. The summed E-state index contributed by atoms with van der Waals surface area (Å²) in [5, 5.41) is 9.79. The Morgan fingerprint density at radius 1 is 1.27 bits per heavy atom. The summed E-state index contributed by atoms with van der Waals surface area (Å²) in [6.07, 6.45) is 1.43. The van der Waals surface area contributed by atoms with E-state index in [-0.39, 0.29) is 5.91 Å². The lowest BCUT2D eigenvalue weighted by atomic mass is 10.1. The van der Waals surface area contributed by atoms with Crippen LogP contribution in [-0.2, 0) is 0 Å². The average Bonchev–Trinajstić information content (AvgIpc) is 3.01. The number of hydrogen-bond acceptors (Lipinski definition) is 4. The van der Waals surface area contributed by atoms with Crippen LogP contribution in [0.4, 0.5) is 5.69 Å². The molecule has 0 aliphatic carbocycles. The van der Waals surface area contributed by atoms with Gasteiger partial charge in [-0.1, -0.05) is 23.7 Å². The minimum absolute atomic E-state index is 0.239. The van der Waals surface area contributed by atoms with Crippen molar-refractivity contribution >= 4 is 23.2 Å². The normalized spacial score (nSPS) is 10.5. The van der Waals surface area contributed by atoms with Crippen molar-refractivity contribution in [3.8, 4) is 11.4 Å². The SMILES string of the molecule is Cc1nc(Cl)ccc1C(=O)Nc1cccc(-c2ncn[nH]2)c1. The summed E-state index contributed by atoms with van der Waals surface area (Å²) < 4.78 is 0. The molecule has 22 heavy (non-hydrogen) atoms. The van der Waals surface area contributed by atoms with Crippen LogP contribution in [0.15, 0.2) is 42.7 Å². The van der Waals surface area contributed by atoms with E-state index in [1.165, 1.54) is 6.33 Å². The molecule has 1 aromatic carbocycles. The van der Waals surface area contributed by atoms with Gasteiger partial charge in [0.2, 0.25) is 0 Å². The maximum atomic E-state index is 12.3. The molecule has 3 rings (SSSR count). The van der Waals surface area contributed by atoms with E-state index in [4.69, 9.17) is 11.6 Å². The average molecular weight is 314 g/mol. The molecule has 0 atom stereocenters. The summed E-state index contributed by atoms with van der Waals surface area (Å²) in [5.74, 6) is 0.400. The zero-order chi connectivity index (χ0) is 15.5. The second-order valence-corrected chi connectivity index (χ2v) is 5.02. The Balaban J connectivity index is 1.84. The molecule has 7 heteroatoms. The number of benzene rings is 1. The molecule has 6 nitrogen and oxygen atoms in total. The van der Waals surface area contributed by atoms with E-state index < -0.39 is 0 Å². The summed E-state index contributed by atoms with van der Waals surface area (Å²) in [7, 11) is 0. The highest BCUT2D eigenvalue weighted by Gasteiger charge is 2.11. The smallest absolute Gasteiger partial charge is 0.257 e. The number of rotatable bonds is 3. The van der Waals surface area contributed by atoms with E-state index >= 15 is 0 Å². The van der Waals surface area contributed by atoms with Crippen molar-refractivity contribution in [2.24, 2.45) is 0 Å². The Kier molecular flexibility index (Phi) is 3.84. The van der Waals surface area contributed by atoms with Gasteiger partial charge < -0.3 is 5.32 Å². The first-order chi connectivity index (χ1) is 10.6. The van der Waals surface area contributed by atoms with Crippen molar-refractivity contribution in [3.63, 3.8) is 0 Å². The number of aryl methyl sites for hydroxylation is 1. The third-order valence-corrected chi connectivity index (χ3v) is 3.32. The molecule has 2 aromatic heterocycles. The first kappa shape index (κ1) is 14.2. The van der Waals surface area contributed by atoms with Crippen LogP contribution in [0.5, 0.6) is 0 Å². The lowest BCUT2D eigenvalue weighted by molar-refractivity contribution is 0.102. The Bertz CT molecular complexity index is 817. The summed E-state index contributed by atoms with van der Waals surface area (Å²) >= 11 is 5.80. The van der Waals surface area contributed by atoms with Gasteiger partial charge >= 0.3 is 0 Å². The number of amides is 1. The molecule has 0 spiro atoms. The first-order valence-electron chi connectivity index (χ1n) is 6.54. The van der Waals surface area contributed by atoms with Crippen LogP contribution >= 0.6 is 11.6 Å². The number of pyridine rings is 1. The quantitative estimate of drug-likeness (QED) is 0.728. The molecule has 0 bridgehead atoms. The van der Waals surface area contributed by atoms with Gasteiger partial charge in [0.05, 0.1) is 11.3 Å². The number of carbonyl (C=O) groups excluding carboxylic acids is 1. The van der Waals surface area contributed by atoms with Gasteiger partial charge in [0.25, 0.3) is 5.91 Å². The Morgan fingerprint density at radius 2 is 2.14 bits per heavy atom. The van der Waals surface area contributed by atoms with Crippen molar-refractivity contribution in [2.45, 2.75) is 6.92 Å². The zero-order valence-electron chi connectivity index (χ0n) is 11.7. The van der Waals surface area contributed by atoms with Gasteiger partial charge in [-0.25, -0.2) is 9.97 Å². The molecule has 0 aliphatic rings. The van der Waals surface area contributed by atoms with Crippen LogP contribution < -0.4 is 5.32 Å². The second kappa shape index (κ2) is 5.95. The number of anilines is 1. The highest BCUT2D eigenvalue weighted by molar-refractivity contribution is 6.29. The fraction of sp³-hybridized carbons (Fsp3) is 0.0667. The summed E-state index contributed by atoms with van der Waals surface area (Å²) in [5.41, 5.74) is 2.56. The molecular formula is C15H12ClN5O. The molecule has 0 aliphatic heterocycles. The number of aromatic amines is 1. The van der Waals surface area contributed by atoms with E-state index in [2.05, 4.69) is 25.5 Å². The topological polar surface area (TPSA) is 83.6 Å². The van der Waals surface area contributed by atoms with Gasteiger partial charge in [-0.15, -0.1) is 0 Å². The van der Waals surface area contributed by atoms with Crippen LogP contribution in [0.1, 0.15) is 16.1 Å². The summed E-state index contributed by atoms with van der Waals surface area (Å²) in [6, 6.07) is 10.6. The van der Waals surface area contributed by atoms with Gasteiger partial charge in [0.15, 0.2) is 5.82 Å². The monoisotopic (exact) mass is 313 g/mol. The maximum Gasteiger partial charge on any atom is 0.257 e. The van der Waals surface area contributed by atoms with Crippen LogP contribution in [0.3, 0.4) is 0 Å². The zero-order valence-corrected chi connectivity index (χ0v) is 12.4. The van der Waals surface area contributed by atoms with E-state index in [0.29, 0.717) is 27.9 Å². The number of nitrogens with zero attached hydrogens (tertiary/aromatic N) is 3. The fourth-order valence-corrected chi connectivity index (χ4v) is 2.25. The molecule has 0 fully saturated rings. The minimum Gasteiger partial charge on any atom is -0.322 e. The van der Waals surface area contributed by atoms with Gasteiger partial charge in [0, 0.05) is 11.3 Å². The number of nitrogens with one attached hydrogen (secondary N) is 2. The van der Waals surface area contributed by atoms with Crippen molar-refractivity contribution in [1.82, 2.24) is 20.2 Å². The second-order valence-electron chi connectivity index (χ2n) is 4.64. The van der Waals surface area contributed by atoms with Crippen molar-refractivity contribution in [2.75, 3.05) is 5.32 Å². The van der Waals surface area contributed by atoms with Crippen LogP contribution in [0, 0.1) is 6.92 Å². The van der Waals surface area contributed by atoms with E-state index in [1.807, 2.05) is 18.2 Å². The molecular weight excluding hydrogens is 302 g/mol. The van der Waals surface area contributed by atoms with E-state index in [9.17, 15) is 4.79 Å². The van der Waals surface area contributed by atoms with Crippen molar-refractivity contribution in [1.29, 1.82) is 0 Å². The summed E-state index contributed by atoms with van der Waals surface area (Å²) in [4.78, 5) is 20.5. The Morgan fingerprint density at radius 3 is 2.86 bits per heavy atom. The number of H-pyrrole nitrogens is 1. The van der Waals surface area contributed by atoms with Gasteiger partial charge in [-0.2, -0.15) is 5.10 Å². The number of aromatic nitrogens is 4. The van der Waals surface area contributed by atoms with Crippen LogP contribution in [0.2, 0.25) is 5.15 Å². The number of carbonyl (C=O) groups is 1. The number of hydrogen-bond donors (Lipinski definition) is 2. The van der Waals surface area contributed by atoms with E-state index in [0.717, 1.165) is 5.56 Å². The van der Waals surface area contributed by atoms with Gasteiger partial charge in [-0.05, 0) is 31.2 Å². The largest absolute Gasteiger partial charge is 0.322 e. The van der Waals surface area contributed by atoms with Gasteiger partial charge in [-0.3, -0.25) is 9.89 Å². The highest BCUT2D eigenvalue weighted by atomic mass is 35.5. The third-order valence-electron chi connectivity index (χ3n) is 3.11. The molecule has 110 valence electrons. The van der Waals surface area contributed by atoms with E-state index in [1.54, 1.807) is 25.1 Å². The molecule has 0 radical (unpaired) electrons. The molecule has 2 heterocycles. The predicted molar refractivity (Wildman–Crippen MR) is 83.8 cm³/mol. The highest BCUT2D eigenvalue weighted by Crippen LogP contribution is 2.20. The molecule has 0 saturated heterocycles. The van der Waals surface area contributed by atoms with Crippen LogP contribution in [-0.4, -0.2) is 26.1 Å². The summed E-state index contributed by atoms with van der Waals surface area (Å²) in [6.45, 7) is 1.74. The first-order valence-corrected chi connectivity index (χ1v) is 6.91. The standard InChI is InChI=1S/C15H12ClN5O/c1-9-12(5-6-13(16)19-9)15(22)20-11-4-2-3-10(7-11)14-17-8-18-21-14/h2-8H,1H3,(H,20,22)(H,17,18,21). The number of halogens is 1. The maximum absolute atomic E-state index is 12.3. The Labute approximate surface area is 131 Å². The van der Waals surface area contributed by atoms with Gasteiger partial charge in [0.1, 0.15) is 11.5 Å².